The molecule has 1 atom stereocenters. The molecule has 0 amide bonds. The fourth-order valence-corrected chi connectivity index (χ4v) is 0.471. The van der Waals surface area contributed by atoms with Gasteiger partial charge in [0.2, 0.25) is 0 Å². The van der Waals surface area contributed by atoms with E-state index in [1.807, 2.05) is 0 Å². The summed E-state index contributed by atoms with van der Waals surface area (Å²) in [5.41, 5.74) is 5.62. The lowest BCUT2D eigenvalue weighted by Crippen LogP contribution is -2.24. The van der Waals surface area contributed by atoms with Gasteiger partial charge in [-0.1, -0.05) is 20.8 Å². The van der Waals surface area contributed by atoms with Crippen LogP contribution in [0.3, 0.4) is 0 Å². The fourth-order valence-electron chi connectivity index (χ4n) is 0.471. The zero-order valence-electron chi connectivity index (χ0n) is 5.44. The molecule has 0 saturated heterocycles. The summed E-state index contributed by atoms with van der Waals surface area (Å²) in [6.07, 6.45) is 1.09. The van der Waals surface area contributed by atoms with Crippen LogP contribution >= 0.6 is 0 Å². The predicted molar refractivity (Wildman–Crippen MR) is 33.1 cm³/mol. The number of nitrogens with two attached hydrogens (primary N) is 1. The van der Waals surface area contributed by atoms with Gasteiger partial charge in [-0.2, -0.15) is 0 Å². The largest absolute Gasteiger partial charge is 0.327 e. The van der Waals surface area contributed by atoms with Crippen molar-refractivity contribution >= 4 is 0 Å². The summed E-state index contributed by atoms with van der Waals surface area (Å²) in [4.78, 5) is 0. The molecule has 2 N–H and O–H groups in total. The van der Waals surface area contributed by atoms with E-state index in [9.17, 15) is 0 Å². The molecule has 1 nitrogen and oxygen atoms in total. The molecule has 0 radical (unpaired) electrons. The summed E-state index contributed by atoms with van der Waals surface area (Å²) in [6, 6.07) is 0.403. The average Bonchev–Trinajstić information content (AvgIpc) is 1.65. The van der Waals surface area contributed by atoms with Crippen LogP contribution in [0.15, 0.2) is 0 Å². The highest BCUT2D eigenvalue weighted by Gasteiger charge is 2.01. The molecule has 0 aromatic rings. The first-order valence-corrected chi connectivity index (χ1v) is 2.94. The second-order valence-corrected chi connectivity index (χ2v) is 2.32. The fraction of sp³-hybridized carbons (Fsp3) is 1.00. The van der Waals surface area contributed by atoms with Crippen molar-refractivity contribution in [3.63, 3.8) is 0 Å². The Bertz CT molecular complexity index is 41.4. The van der Waals surface area contributed by atoms with E-state index in [1.54, 1.807) is 0 Å². The van der Waals surface area contributed by atoms with E-state index in [-0.39, 0.29) is 0 Å². The van der Waals surface area contributed by atoms with Crippen molar-refractivity contribution in [2.75, 3.05) is 0 Å². The molecule has 0 spiro atoms. The summed E-state index contributed by atoms with van der Waals surface area (Å²) < 4.78 is 0. The minimum Gasteiger partial charge on any atom is -0.327 e. The third-order valence-corrected chi connectivity index (χ3v) is 1.33. The van der Waals surface area contributed by atoms with Crippen molar-refractivity contribution in [2.24, 2.45) is 11.7 Å². The summed E-state index contributed by atoms with van der Waals surface area (Å²) in [5.74, 6) is 0.644. The normalized spacial score (nSPS) is 15.0. The van der Waals surface area contributed by atoms with Gasteiger partial charge >= 0.3 is 0 Å². The Hall–Kier alpha value is -0.0400. The van der Waals surface area contributed by atoms with E-state index in [0.29, 0.717) is 12.0 Å². The van der Waals surface area contributed by atoms with Gasteiger partial charge in [0.25, 0.3) is 0 Å². The minimum atomic E-state index is 0.403. The lowest BCUT2D eigenvalue weighted by Gasteiger charge is -2.10. The predicted octanol–water partition coefficient (Wildman–Crippen LogP) is 1.38. The van der Waals surface area contributed by atoms with Crippen LogP contribution in [0.1, 0.15) is 27.2 Å². The van der Waals surface area contributed by atoms with E-state index >= 15 is 0 Å². The third-order valence-electron chi connectivity index (χ3n) is 1.33. The quantitative estimate of drug-likeness (QED) is 0.558. The maximum absolute atomic E-state index is 5.62. The zero-order chi connectivity index (χ0) is 5.86. The number of rotatable bonds is 2. The Morgan fingerprint density at radius 3 is 1.86 bits per heavy atom. The summed E-state index contributed by atoms with van der Waals surface area (Å²) in [6.45, 7) is 6.41. The first-order valence-electron chi connectivity index (χ1n) is 2.94. The Balaban J connectivity index is 3.14. The molecule has 0 aromatic carbocycles. The van der Waals surface area contributed by atoms with Gasteiger partial charge in [-0.05, 0) is 12.3 Å². The zero-order valence-corrected chi connectivity index (χ0v) is 5.44. The van der Waals surface area contributed by atoms with Crippen molar-refractivity contribution in [2.45, 2.75) is 33.2 Å². The Labute approximate surface area is 45.9 Å². The molecule has 0 saturated carbocycles. The van der Waals surface area contributed by atoms with Gasteiger partial charge in [0, 0.05) is 6.04 Å². The first-order chi connectivity index (χ1) is 3.18. The first kappa shape index (κ1) is 6.96. The molecule has 0 aliphatic rings. The van der Waals surface area contributed by atoms with Crippen LogP contribution in [0.4, 0.5) is 0 Å². The van der Waals surface area contributed by atoms with Crippen LogP contribution in [0.25, 0.3) is 0 Å². The van der Waals surface area contributed by atoms with Gasteiger partial charge in [0.05, 0.1) is 0 Å². The summed E-state index contributed by atoms with van der Waals surface area (Å²) >= 11 is 0. The smallest absolute Gasteiger partial charge is 0.00592 e. The topological polar surface area (TPSA) is 26.0 Å². The molecule has 0 heterocycles. The molecule has 7 heavy (non-hydrogen) atoms. The third kappa shape index (κ3) is 2.63. The molecule has 0 unspecified atom stereocenters. The van der Waals surface area contributed by atoms with Gasteiger partial charge in [-0.3, -0.25) is 0 Å². The summed E-state index contributed by atoms with van der Waals surface area (Å²) in [5, 5.41) is 0. The van der Waals surface area contributed by atoms with E-state index in [1.165, 1.54) is 0 Å². The van der Waals surface area contributed by atoms with Crippen LogP contribution < -0.4 is 5.73 Å². The van der Waals surface area contributed by atoms with Crippen molar-refractivity contribution < 1.29 is 0 Å². The Morgan fingerprint density at radius 1 is 1.43 bits per heavy atom. The average molecular weight is 101 g/mol. The lowest BCUT2D eigenvalue weighted by molar-refractivity contribution is 0.481. The van der Waals surface area contributed by atoms with Crippen molar-refractivity contribution in [3.8, 4) is 0 Å². The lowest BCUT2D eigenvalue weighted by atomic mass is 10.0. The van der Waals surface area contributed by atoms with Gasteiger partial charge in [-0.15, -0.1) is 0 Å². The van der Waals surface area contributed by atoms with E-state index in [2.05, 4.69) is 20.8 Å². The molecule has 1 heteroatoms. The van der Waals surface area contributed by atoms with E-state index in [4.69, 9.17) is 5.73 Å². The molecule has 0 aliphatic heterocycles. The molecule has 0 aromatic heterocycles. The molecule has 44 valence electrons. The molecular weight excluding hydrogens is 86.1 g/mol. The van der Waals surface area contributed by atoms with Crippen LogP contribution in [-0.2, 0) is 0 Å². The van der Waals surface area contributed by atoms with Crippen LogP contribution in [-0.4, -0.2) is 6.04 Å². The van der Waals surface area contributed by atoms with Crippen molar-refractivity contribution in [3.05, 3.63) is 0 Å². The maximum atomic E-state index is 5.62. The maximum Gasteiger partial charge on any atom is 0.00592 e. The minimum absolute atomic E-state index is 0.403. The molecular formula is C6H15N. The van der Waals surface area contributed by atoms with Gasteiger partial charge < -0.3 is 5.73 Å². The highest BCUT2D eigenvalue weighted by Crippen LogP contribution is 1.99. The number of hydrogen-bond acceptors (Lipinski definition) is 1. The summed E-state index contributed by atoms with van der Waals surface area (Å²) in [7, 11) is 0. The van der Waals surface area contributed by atoms with Gasteiger partial charge in [0.1, 0.15) is 0 Å². The van der Waals surface area contributed by atoms with Crippen molar-refractivity contribution in [1.29, 1.82) is 0 Å². The van der Waals surface area contributed by atoms with Crippen molar-refractivity contribution in [1.82, 2.24) is 0 Å². The second-order valence-electron chi connectivity index (χ2n) is 2.32. The monoisotopic (exact) mass is 101 g/mol. The number of hydrogen-bond donors (Lipinski definition) is 1. The second kappa shape index (κ2) is 3.03. The van der Waals surface area contributed by atoms with E-state index in [0.717, 1.165) is 6.42 Å². The molecule has 0 aliphatic carbocycles. The molecule has 0 fully saturated rings. The van der Waals surface area contributed by atoms with Crippen LogP contribution in [0.5, 0.6) is 0 Å². The highest BCUT2D eigenvalue weighted by atomic mass is 14.6. The molecule has 0 bridgehead atoms. The van der Waals surface area contributed by atoms with Gasteiger partial charge in [-0.25, -0.2) is 0 Å². The van der Waals surface area contributed by atoms with E-state index < -0.39 is 0 Å². The SMILES string of the molecule is CC[C@@H](N)C(C)C. The Kier molecular flexibility index (Phi) is 3.01. The van der Waals surface area contributed by atoms with Crippen LogP contribution in [0, 0.1) is 5.92 Å². The Morgan fingerprint density at radius 2 is 1.86 bits per heavy atom. The highest BCUT2D eigenvalue weighted by molar-refractivity contribution is 4.60. The van der Waals surface area contributed by atoms with Gasteiger partial charge in [0.15, 0.2) is 0 Å². The molecule has 0 rings (SSSR count). The van der Waals surface area contributed by atoms with Crippen LogP contribution in [0.2, 0.25) is 0 Å². The standard InChI is InChI=1S/C6H15N/c1-4-6(7)5(2)3/h5-6H,4,7H2,1-3H3/t6-/m1/s1.